The Labute approximate surface area is 161 Å². The Balaban J connectivity index is 1.47. The smallest absolute Gasteiger partial charge is 0.272 e. The van der Waals surface area contributed by atoms with Crippen LogP contribution in [0.15, 0.2) is 24.3 Å². The zero-order valence-corrected chi connectivity index (χ0v) is 16.3. The summed E-state index contributed by atoms with van der Waals surface area (Å²) in [5.74, 6) is 0.0585. The summed E-state index contributed by atoms with van der Waals surface area (Å²) in [6.07, 6.45) is 0. The molecule has 1 aliphatic heterocycles. The molecule has 0 spiro atoms. The van der Waals surface area contributed by atoms with Gasteiger partial charge in [-0.25, -0.2) is 4.98 Å². The summed E-state index contributed by atoms with van der Waals surface area (Å²) in [5.41, 5.74) is 2.52. The second kappa shape index (κ2) is 6.89. The molecule has 0 unspecified atom stereocenters. The zero-order valence-electron chi connectivity index (χ0n) is 14.8. The number of rotatable bonds is 3. The molecule has 3 heterocycles. The summed E-state index contributed by atoms with van der Waals surface area (Å²) in [7, 11) is 0. The van der Waals surface area contributed by atoms with E-state index in [4.69, 9.17) is 16.6 Å². The standard InChI is InChI=1S/C18H20ClN5OS/c1-3-24-15(10-12(2)21-24)17(25)22-6-8-23(9-7-22)18-20-14-5-4-13(19)11-16(14)26-18/h4-5,10-11H,3,6-9H2,1-2H3. The van der Waals surface area contributed by atoms with E-state index in [1.54, 1.807) is 16.0 Å². The number of carbonyl (C=O) groups excluding carboxylic acids is 1. The van der Waals surface area contributed by atoms with Crippen molar-refractivity contribution in [3.05, 3.63) is 40.7 Å². The quantitative estimate of drug-likeness (QED) is 0.688. The van der Waals surface area contributed by atoms with Crippen LogP contribution in [0.2, 0.25) is 5.02 Å². The Bertz CT molecular complexity index is 958. The van der Waals surface area contributed by atoms with E-state index in [0.717, 1.165) is 39.2 Å². The summed E-state index contributed by atoms with van der Waals surface area (Å²) in [4.78, 5) is 21.7. The van der Waals surface area contributed by atoms with Crippen molar-refractivity contribution in [1.29, 1.82) is 0 Å². The third-order valence-electron chi connectivity index (χ3n) is 4.60. The molecule has 2 aromatic heterocycles. The maximum atomic E-state index is 12.8. The number of anilines is 1. The maximum Gasteiger partial charge on any atom is 0.272 e. The van der Waals surface area contributed by atoms with Crippen molar-refractivity contribution in [2.45, 2.75) is 20.4 Å². The highest BCUT2D eigenvalue weighted by molar-refractivity contribution is 7.22. The largest absolute Gasteiger partial charge is 0.345 e. The molecule has 6 nitrogen and oxygen atoms in total. The molecular weight excluding hydrogens is 370 g/mol. The van der Waals surface area contributed by atoms with Gasteiger partial charge in [-0.3, -0.25) is 9.48 Å². The number of aromatic nitrogens is 3. The highest BCUT2D eigenvalue weighted by Gasteiger charge is 2.26. The number of halogens is 1. The van der Waals surface area contributed by atoms with Crippen LogP contribution in [0.4, 0.5) is 5.13 Å². The van der Waals surface area contributed by atoms with Gasteiger partial charge >= 0.3 is 0 Å². The summed E-state index contributed by atoms with van der Waals surface area (Å²) < 4.78 is 2.87. The molecule has 26 heavy (non-hydrogen) atoms. The van der Waals surface area contributed by atoms with Crippen LogP contribution in [-0.2, 0) is 6.54 Å². The van der Waals surface area contributed by atoms with Crippen LogP contribution >= 0.6 is 22.9 Å². The van der Waals surface area contributed by atoms with Crippen molar-refractivity contribution < 1.29 is 4.79 Å². The highest BCUT2D eigenvalue weighted by Crippen LogP contribution is 2.31. The average Bonchev–Trinajstić information content (AvgIpc) is 3.24. The zero-order chi connectivity index (χ0) is 18.3. The fourth-order valence-corrected chi connectivity index (χ4v) is 4.54. The van der Waals surface area contributed by atoms with Gasteiger partial charge in [0.25, 0.3) is 5.91 Å². The van der Waals surface area contributed by atoms with Crippen LogP contribution in [-0.4, -0.2) is 51.8 Å². The van der Waals surface area contributed by atoms with Crippen molar-refractivity contribution in [3.8, 4) is 0 Å². The van der Waals surface area contributed by atoms with Crippen LogP contribution in [0.5, 0.6) is 0 Å². The van der Waals surface area contributed by atoms with Crippen LogP contribution in [0, 0.1) is 6.92 Å². The predicted molar refractivity (Wildman–Crippen MR) is 105 cm³/mol. The minimum absolute atomic E-state index is 0.0585. The van der Waals surface area contributed by atoms with Crippen molar-refractivity contribution in [1.82, 2.24) is 19.7 Å². The number of hydrogen-bond acceptors (Lipinski definition) is 5. The van der Waals surface area contributed by atoms with Crippen LogP contribution in [0.3, 0.4) is 0 Å². The van der Waals surface area contributed by atoms with E-state index >= 15 is 0 Å². The monoisotopic (exact) mass is 389 g/mol. The first-order valence-electron chi connectivity index (χ1n) is 8.70. The number of nitrogens with zero attached hydrogens (tertiary/aromatic N) is 5. The summed E-state index contributed by atoms with van der Waals surface area (Å²) in [6, 6.07) is 7.64. The molecule has 0 radical (unpaired) electrons. The normalized spacial score (nSPS) is 15.0. The van der Waals surface area contributed by atoms with E-state index in [0.29, 0.717) is 25.3 Å². The molecule has 136 valence electrons. The van der Waals surface area contributed by atoms with E-state index in [1.807, 2.05) is 43.0 Å². The predicted octanol–water partition coefficient (Wildman–Crippen LogP) is 3.44. The van der Waals surface area contributed by atoms with Gasteiger partial charge < -0.3 is 9.80 Å². The van der Waals surface area contributed by atoms with Gasteiger partial charge in [0.2, 0.25) is 0 Å². The Hall–Kier alpha value is -2.12. The minimum atomic E-state index is 0.0585. The first kappa shape index (κ1) is 17.3. The van der Waals surface area contributed by atoms with Gasteiger partial charge in [0.05, 0.1) is 15.9 Å². The van der Waals surface area contributed by atoms with E-state index in [-0.39, 0.29) is 5.91 Å². The van der Waals surface area contributed by atoms with Crippen molar-refractivity contribution in [3.63, 3.8) is 0 Å². The van der Waals surface area contributed by atoms with Gasteiger partial charge in [0, 0.05) is 37.7 Å². The Kier molecular flexibility index (Phi) is 4.58. The average molecular weight is 390 g/mol. The molecule has 1 saturated heterocycles. The first-order chi connectivity index (χ1) is 12.5. The molecule has 1 aromatic carbocycles. The molecule has 1 aliphatic rings. The molecule has 0 aliphatic carbocycles. The number of thiazole rings is 1. The third-order valence-corrected chi connectivity index (χ3v) is 5.91. The lowest BCUT2D eigenvalue weighted by atomic mass is 10.2. The number of aryl methyl sites for hydroxylation is 2. The molecule has 4 rings (SSSR count). The van der Waals surface area contributed by atoms with Crippen molar-refractivity contribution in [2.75, 3.05) is 31.1 Å². The second-order valence-corrected chi connectivity index (χ2v) is 7.82. The van der Waals surface area contributed by atoms with Crippen LogP contribution in [0.1, 0.15) is 23.1 Å². The Morgan fingerprint density at radius 1 is 1.23 bits per heavy atom. The van der Waals surface area contributed by atoms with Gasteiger partial charge in [-0.15, -0.1) is 0 Å². The van der Waals surface area contributed by atoms with Gasteiger partial charge in [-0.05, 0) is 38.1 Å². The molecule has 0 N–H and O–H groups in total. The van der Waals surface area contributed by atoms with Gasteiger partial charge in [0.15, 0.2) is 5.13 Å². The minimum Gasteiger partial charge on any atom is -0.345 e. The number of benzene rings is 1. The first-order valence-corrected chi connectivity index (χ1v) is 9.89. The fraction of sp³-hybridized carbons (Fsp3) is 0.389. The molecular formula is C18H20ClN5OS. The van der Waals surface area contributed by atoms with Crippen LogP contribution < -0.4 is 4.90 Å². The molecule has 1 fully saturated rings. The van der Waals surface area contributed by atoms with Crippen LogP contribution in [0.25, 0.3) is 10.2 Å². The van der Waals surface area contributed by atoms with E-state index in [9.17, 15) is 4.79 Å². The number of fused-ring (bicyclic) bond motifs is 1. The molecule has 0 bridgehead atoms. The molecule has 1 amide bonds. The van der Waals surface area contributed by atoms with Crippen molar-refractivity contribution >= 4 is 44.2 Å². The summed E-state index contributed by atoms with van der Waals surface area (Å²) in [5, 5.41) is 6.10. The van der Waals surface area contributed by atoms with E-state index < -0.39 is 0 Å². The second-order valence-electron chi connectivity index (χ2n) is 6.37. The Morgan fingerprint density at radius 3 is 2.73 bits per heavy atom. The highest BCUT2D eigenvalue weighted by atomic mass is 35.5. The lowest BCUT2D eigenvalue weighted by Crippen LogP contribution is -2.49. The topological polar surface area (TPSA) is 54.3 Å². The Morgan fingerprint density at radius 2 is 2.00 bits per heavy atom. The molecule has 0 saturated carbocycles. The van der Waals surface area contributed by atoms with Gasteiger partial charge in [-0.2, -0.15) is 5.10 Å². The molecule has 8 heteroatoms. The maximum absolute atomic E-state index is 12.8. The SMILES string of the molecule is CCn1nc(C)cc1C(=O)N1CCN(c2nc3ccc(Cl)cc3s2)CC1. The van der Waals surface area contributed by atoms with Crippen molar-refractivity contribution in [2.24, 2.45) is 0 Å². The van der Waals surface area contributed by atoms with Gasteiger partial charge in [0.1, 0.15) is 5.69 Å². The summed E-state index contributed by atoms with van der Waals surface area (Å²) in [6.45, 7) is 7.54. The molecule has 0 atom stereocenters. The fourth-order valence-electron chi connectivity index (χ4n) is 3.24. The number of amides is 1. The number of piperazine rings is 1. The molecule has 3 aromatic rings. The van der Waals surface area contributed by atoms with E-state index in [2.05, 4.69) is 10.00 Å². The summed E-state index contributed by atoms with van der Waals surface area (Å²) >= 11 is 7.71. The lowest BCUT2D eigenvalue weighted by molar-refractivity contribution is 0.0734. The lowest BCUT2D eigenvalue weighted by Gasteiger charge is -2.34. The third kappa shape index (κ3) is 3.17. The van der Waals surface area contributed by atoms with E-state index in [1.165, 1.54) is 0 Å². The number of carbonyl (C=O) groups is 1. The van der Waals surface area contributed by atoms with Gasteiger partial charge in [-0.1, -0.05) is 22.9 Å². The number of hydrogen-bond donors (Lipinski definition) is 0.